The van der Waals surface area contributed by atoms with E-state index in [4.69, 9.17) is 9.47 Å². The molecule has 0 spiro atoms. The molecule has 0 amide bonds. The van der Waals surface area contributed by atoms with Crippen molar-refractivity contribution < 1.29 is 19.4 Å². The Hall–Kier alpha value is -2.57. The molecule has 0 atom stereocenters. The number of nitrogens with zero attached hydrogens (tertiary/aromatic N) is 2. The zero-order valence-corrected chi connectivity index (χ0v) is 10.5. The molecule has 19 heavy (non-hydrogen) atoms. The highest BCUT2D eigenvalue weighted by Gasteiger charge is 2.21. The number of H-pyrrole nitrogens is 1. The number of carbonyl (C=O) groups excluding carboxylic acids is 1. The highest BCUT2D eigenvalue weighted by molar-refractivity contribution is 5.94. The first-order chi connectivity index (χ1) is 9.17. The maximum atomic E-state index is 11.7. The van der Waals surface area contributed by atoms with E-state index in [-0.39, 0.29) is 23.7 Å². The number of benzene rings is 1. The van der Waals surface area contributed by atoms with Crippen LogP contribution < -0.4 is 4.74 Å². The number of aromatic hydroxyl groups is 1. The lowest BCUT2D eigenvalue weighted by Crippen LogP contribution is -2.06. The van der Waals surface area contributed by atoms with Crippen LogP contribution in [-0.4, -0.2) is 40.2 Å². The summed E-state index contributed by atoms with van der Waals surface area (Å²) >= 11 is 0. The van der Waals surface area contributed by atoms with Gasteiger partial charge in [0.2, 0.25) is 0 Å². The maximum absolute atomic E-state index is 11.7. The van der Waals surface area contributed by atoms with Gasteiger partial charge in [-0.2, -0.15) is 10.3 Å². The summed E-state index contributed by atoms with van der Waals surface area (Å²) in [5.41, 5.74) is 0.638. The second kappa shape index (κ2) is 5.38. The Morgan fingerprint density at radius 3 is 2.84 bits per heavy atom. The Kier molecular flexibility index (Phi) is 3.65. The number of rotatable bonds is 4. The Balaban J connectivity index is 2.42. The molecule has 1 aromatic carbocycles. The van der Waals surface area contributed by atoms with Crippen molar-refractivity contribution in [3.05, 3.63) is 23.9 Å². The fourth-order valence-electron chi connectivity index (χ4n) is 1.60. The van der Waals surface area contributed by atoms with E-state index >= 15 is 0 Å². The SMILES string of the molecule is CCOC(=O)c1n[nH]nc1-c1ccc(OC)cc1O. The predicted molar refractivity (Wildman–Crippen MR) is 66.0 cm³/mol. The zero-order valence-electron chi connectivity index (χ0n) is 10.5. The third-order valence-corrected chi connectivity index (χ3v) is 2.48. The van der Waals surface area contributed by atoms with Crippen molar-refractivity contribution >= 4 is 5.97 Å². The largest absolute Gasteiger partial charge is 0.507 e. The second-order valence-corrected chi connectivity index (χ2v) is 3.62. The van der Waals surface area contributed by atoms with E-state index in [1.807, 2.05) is 0 Å². The van der Waals surface area contributed by atoms with Gasteiger partial charge in [0.05, 0.1) is 13.7 Å². The van der Waals surface area contributed by atoms with Gasteiger partial charge in [-0.25, -0.2) is 4.79 Å². The summed E-state index contributed by atoms with van der Waals surface area (Å²) in [5.74, 6) is -0.150. The number of ether oxygens (including phenoxy) is 2. The summed E-state index contributed by atoms with van der Waals surface area (Å²) in [5, 5.41) is 19.9. The van der Waals surface area contributed by atoms with Gasteiger partial charge in [0.1, 0.15) is 17.2 Å². The molecule has 0 fully saturated rings. The summed E-state index contributed by atoms with van der Waals surface area (Å²) in [4.78, 5) is 11.7. The van der Waals surface area contributed by atoms with Gasteiger partial charge in [-0.05, 0) is 19.1 Å². The van der Waals surface area contributed by atoms with Crippen LogP contribution in [-0.2, 0) is 4.74 Å². The molecule has 1 heterocycles. The number of aromatic nitrogens is 3. The minimum Gasteiger partial charge on any atom is -0.507 e. The molecule has 2 rings (SSSR count). The number of hydrogen-bond donors (Lipinski definition) is 2. The Labute approximate surface area is 109 Å². The average Bonchev–Trinajstić information content (AvgIpc) is 2.88. The van der Waals surface area contributed by atoms with Gasteiger partial charge in [0, 0.05) is 11.6 Å². The van der Waals surface area contributed by atoms with Crippen LogP contribution in [0.1, 0.15) is 17.4 Å². The molecule has 2 aromatic rings. The Bertz CT molecular complexity index is 594. The fourth-order valence-corrected chi connectivity index (χ4v) is 1.60. The second-order valence-electron chi connectivity index (χ2n) is 3.62. The van der Waals surface area contributed by atoms with Crippen LogP contribution in [0.15, 0.2) is 18.2 Å². The topological polar surface area (TPSA) is 97.3 Å². The van der Waals surface area contributed by atoms with E-state index in [0.29, 0.717) is 11.3 Å². The summed E-state index contributed by atoms with van der Waals surface area (Å²) < 4.78 is 9.85. The molecule has 2 N–H and O–H groups in total. The fraction of sp³-hybridized carbons (Fsp3) is 0.250. The molecule has 7 nitrogen and oxygen atoms in total. The van der Waals surface area contributed by atoms with Crippen LogP contribution >= 0.6 is 0 Å². The Morgan fingerprint density at radius 2 is 2.21 bits per heavy atom. The first-order valence-corrected chi connectivity index (χ1v) is 5.62. The molecule has 0 saturated carbocycles. The molecule has 0 bridgehead atoms. The number of carbonyl (C=O) groups is 1. The summed E-state index contributed by atoms with van der Waals surface area (Å²) in [6, 6.07) is 4.67. The van der Waals surface area contributed by atoms with Gasteiger partial charge in [-0.3, -0.25) is 0 Å². The van der Waals surface area contributed by atoms with Crippen LogP contribution in [0.2, 0.25) is 0 Å². The number of esters is 1. The van der Waals surface area contributed by atoms with Crippen molar-refractivity contribution in [1.29, 1.82) is 0 Å². The molecule has 0 unspecified atom stereocenters. The number of phenols is 1. The lowest BCUT2D eigenvalue weighted by atomic mass is 10.1. The number of nitrogens with one attached hydrogen (secondary N) is 1. The maximum Gasteiger partial charge on any atom is 0.361 e. The third kappa shape index (κ3) is 2.49. The van der Waals surface area contributed by atoms with Gasteiger partial charge >= 0.3 is 5.97 Å². The van der Waals surface area contributed by atoms with Crippen LogP contribution in [0.3, 0.4) is 0 Å². The van der Waals surface area contributed by atoms with Gasteiger partial charge in [0.25, 0.3) is 0 Å². The van der Waals surface area contributed by atoms with Crippen LogP contribution in [0.4, 0.5) is 0 Å². The molecular formula is C12H13N3O4. The van der Waals surface area contributed by atoms with Gasteiger partial charge in [-0.15, -0.1) is 5.10 Å². The number of phenolic OH excluding ortho intramolecular Hbond substituents is 1. The number of aromatic amines is 1. The first-order valence-electron chi connectivity index (χ1n) is 5.62. The molecule has 0 saturated heterocycles. The molecule has 100 valence electrons. The first kappa shape index (κ1) is 12.9. The number of methoxy groups -OCH3 is 1. The predicted octanol–water partition coefficient (Wildman–Crippen LogP) is 1.36. The van der Waals surface area contributed by atoms with E-state index in [2.05, 4.69) is 15.4 Å². The molecule has 7 heteroatoms. The van der Waals surface area contributed by atoms with E-state index in [1.54, 1.807) is 19.1 Å². The van der Waals surface area contributed by atoms with Crippen molar-refractivity contribution in [2.75, 3.05) is 13.7 Å². The minimum absolute atomic E-state index is 0.0299. The van der Waals surface area contributed by atoms with Crippen molar-refractivity contribution in [1.82, 2.24) is 15.4 Å². The summed E-state index contributed by atoms with van der Waals surface area (Å²) in [6.07, 6.45) is 0. The van der Waals surface area contributed by atoms with Crippen molar-refractivity contribution in [2.24, 2.45) is 0 Å². The third-order valence-electron chi connectivity index (χ3n) is 2.48. The Morgan fingerprint density at radius 1 is 1.42 bits per heavy atom. The highest BCUT2D eigenvalue weighted by Crippen LogP contribution is 2.32. The van der Waals surface area contributed by atoms with E-state index in [9.17, 15) is 9.90 Å². The molecule has 0 aliphatic carbocycles. The normalized spacial score (nSPS) is 10.2. The zero-order chi connectivity index (χ0) is 13.8. The van der Waals surface area contributed by atoms with E-state index in [1.165, 1.54) is 13.2 Å². The van der Waals surface area contributed by atoms with Crippen LogP contribution in [0, 0.1) is 0 Å². The molecule has 0 aliphatic heterocycles. The summed E-state index contributed by atoms with van der Waals surface area (Å²) in [7, 11) is 1.49. The van der Waals surface area contributed by atoms with Crippen LogP contribution in [0.25, 0.3) is 11.3 Å². The molecule has 0 radical (unpaired) electrons. The standard InChI is InChI=1S/C12H13N3O4/c1-3-19-12(17)11-10(13-15-14-11)8-5-4-7(18-2)6-9(8)16/h4-6,16H,3H2,1-2H3,(H,13,14,15). The van der Waals surface area contributed by atoms with Gasteiger partial charge < -0.3 is 14.6 Å². The van der Waals surface area contributed by atoms with Crippen LogP contribution in [0.5, 0.6) is 11.5 Å². The molecular weight excluding hydrogens is 250 g/mol. The quantitative estimate of drug-likeness (QED) is 0.808. The average molecular weight is 263 g/mol. The van der Waals surface area contributed by atoms with E-state index in [0.717, 1.165) is 0 Å². The number of hydrogen-bond acceptors (Lipinski definition) is 6. The lowest BCUT2D eigenvalue weighted by Gasteiger charge is -2.05. The minimum atomic E-state index is -0.596. The van der Waals surface area contributed by atoms with Gasteiger partial charge in [0.15, 0.2) is 5.69 Å². The smallest absolute Gasteiger partial charge is 0.361 e. The van der Waals surface area contributed by atoms with Crippen molar-refractivity contribution in [3.63, 3.8) is 0 Å². The monoisotopic (exact) mass is 263 g/mol. The highest BCUT2D eigenvalue weighted by atomic mass is 16.5. The van der Waals surface area contributed by atoms with Crippen molar-refractivity contribution in [2.45, 2.75) is 6.92 Å². The van der Waals surface area contributed by atoms with E-state index < -0.39 is 5.97 Å². The lowest BCUT2D eigenvalue weighted by molar-refractivity contribution is 0.0520. The molecule has 0 aliphatic rings. The summed E-state index contributed by atoms with van der Waals surface area (Å²) in [6.45, 7) is 1.93. The van der Waals surface area contributed by atoms with Gasteiger partial charge in [-0.1, -0.05) is 0 Å². The molecule has 1 aromatic heterocycles. The van der Waals surface area contributed by atoms with Crippen molar-refractivity contribution in [3.8, 4) is 22.8 Å².